The zero-order chi connectivity index (χ0) is 16.8. The maximum Gasteiger partial charge on any atom is 0.269 e. The SMILES string of the molecule is CCc1ccc(C(=O)NC(=S)Nc2ccc([N+](=O)[O-])cc2)cc1. The number of hydrogen-bond acceptors (Lipinski definition) is 4. The summed E-state index contributed by atoms with van der Waals surface area (Å²) in [5.41, 5.74) is 2.20. The Balaban J connectivity index is 1.95. The highest BCUT2D eigenvalue weighted by Gasteiger charge is 2.09. The smallest absolute Gasteiger partial charge is 0.269 e. The predicted molar refractivity (Wildman–Crippen MR) is 92.6 cm³/mol. The molecule has 0 atom stereocenters. The van der Waals surface area contributed by atoms with Crippen LogP contribution in [0.25, 0.3) is 0 Å². The van der Waals surface area contributed by atoms with Gasteiger partial charge in [-0.25, -0.2) is 0 Å². The summed E-state index contributed by atoms with van der Waals surface area (Å²) in [6.07, 6.45) is 0.905. The third kappa shape index (κ3) is 4.58. The van der Waals surface area contributed by atoms with Crippen molar-refractivity contribution in [1.29, 1.82) is 0 Å². The monoisotopic (exact) mass is 329 g/mol. The molecule has 2 rings (SSSR count). The second-order valence-electron chi connectivity index (χ2n) is 4.76. The van der Waals surface area contributed by atoms with Crippen LogP contribution in [0.4, 0.5) is 11.4 Å². The number of rotatable bonds is 4. The minimum atomic E-state index is -0.482. The molecule has 2 N–H and O–H groups in total. The van der Waals surface area contributed by atoms with Crippen molar-refractivity contribution in [3.05, 3.63) is 69.8 Å². The van der Waals surface area contributed by atoms with Crippen LogP contribution in [0.5, 0.6) is 0 Å². The number of nitro benzene ring substituents is 1. The Kier molecular flexibility index (Phi) is 5.37. The molecule has 0 aliphatic carbocycles. The van der Waals surface area contributed by atoms with E-state index >= 15 is 0 Å². The van der Waals surface area contributed by atoms with Crippen LogP contribution < -0.4 is 10.6 Å². The van der Waals surface area contributed by atoms with Gasteiger partial charge in [-0.2, -0.15) is 0 Å². The van der Waals surface area contributed by atoms with E-state index in [0.29, 0.717) is 11.3 Å². The number of nitrogens with zero attached hydrogens (tertiary/aromatic N) is 1. The molecule has 0 aliphatic rings. The first kappa shape index (κ1) is 16.6. The van der Waals surface area contributed by atoms with E-state index in [2.05, 4.69) is 10.6 Å². The Morgan fingerprint density at radius 2 is 1.74 bits per heavy atom. The van der Waals surface area contributed by atoms with Gasteiger partial charge in [0.25, 0.3) is 11.6 Å². The molecule has 2 aromatic carbocycles. The number of benzene rings is 2. The largest absolute Gasteiger partial charge is 0.332 e. The average molecular weight is 329 g/mol. The molecule has 0 saturated heterocycles. The summed E-state index contributed by atoms with van der Waals surface area (Å²) in [6.45, 7) is 2.04. The lowest BCUT2D eigenvalue weighted by atomic mass is 10.1. The summed E-state index contributed by atoms with van der Waals surface area (Å²) < 4.78 is 0. The van der Waals surface area contributed by atoms with Gasteiger partial charge in [-0.1, -0.05) is 19.1 Å². The van der Waals surface area contributed by atoms with Crippen molar-refractivity contribution in [3.8, 4) is 0 Å². The van der Waals surface area contributed by atoms with Crippen molar-refractivity contribution < 1.29 is 9.72 Å². The Morgan fingerprint density at radius 3 is 2.26 bits per heavy atom. The first-order valence-electron chi connectivity index (χ1n) is 6.95. The summed E-state index contributed by atoms with van der Waals surface area (Å²) >= 11 is 5.07. The Bertz CT molecular complexity index is 727. The van der Waals surface area contributed by atoms with E-state index in [-0.39, 0.29) is 16.7 Å². The molecular formula is C16H15N3O3S. The van der Waals surface area contributed by atoms with E-state index in [1.54, 1.807) is 12.1 Å². The van der Waals surface area contributed by atoms with Crippen molar-refractivity contribution in [2.24, 2.45) is 0 Å². The minimum absolute atomic E-state index is 0.0125. The third-order valence-electron chi connectivity index (χ3n) is 3.19. The Hall–Kier alpha value is -2.80. The minimum Gasteiger partial charge on any atom is -0.332 e. The molecule has 0 radical (unpaired) electrons. The second kappa shape index (κ2) is 7.46. The normalized spacial score (nSPS) is 9.96. The zero-order valence-electron chi connectivity index (χ0n) is 12.4. The van der Waals surface area contributed by atoms with E-state index in [0.717, 1.165) is 12.0 Å². The highest BCUT2D eigenvalue weighted by Crippen LogP contribution is 2.15. The number of hydrogen-bond donors (Lipinski definition) is 2. The molecule has 0 saturated carbocycles. The molecule has 1 amide bonds. The molecule has 0 bridgehead atoms. The van der Waals surface area contributed by atoms with Gasteiger partial charge in [-0.3, -0.25) is 20.2 Å². The number of nitrogens with one attached hydrogen (secondary N) is 2. The van der Waals surface area contributed by atoms with Crippen molar-refractivity contribution >= 4 is 34.6 Å². The molecule has 2 aromatic rings. The molecule has 118 valence electrons. The topological polar surface area (TPSA) is 84.3 Å². The van der Waals surface area contributed by atoms with Crippen molar-refractivity contribution in [3.63, 3.8) is 0 Å². The van der Waals surface area contributed by atoms with Crippen molar-refractivity contribution in [1.82, 2.24) is 5.32 Å². The Labute approximate surface area is 138 Å². The summed E-state index contributed by atoms with van der Waals surface area (Å²) in [7, 11) is 0. The molecular weight excluding hydrogens is 314 g/mol. The van der Waals surface area contributed by atoms with Crippen LogP contribution in [0.3, 0.4) is 0 Å². The lowest BCUT2D eigenvalue weighted by Gasteiger charge is -2.09. The lowest BCUT2D eigenvalue weighted by Crippen LogP contribution is -2.34. The quantitative estimate of drug-likeness (QED) is 0.511. The number of carbonyl (C=O) groups excluding carboxylic acids is 1. The van der Waals surface area contributed by atoms with Gasteiger partial charge in [0.15, 0.2) is 5.11 Å². The summed E-state index contributed by atoms with van der Waals surface area (Å²) in [5.74, 6) is -0.313. The van der Waals surface area contributed by atoms with Gasteiger partial charge >= 0.3 is 0 Å². The van der Waals surface area contributed by atoms with E-state index < -0.39 is 4.92 Å². The van der Waals surface area contributed by atoms with Crippen molar-refractivity contribution in [2.75, 3.05) is 5.32 Å². The first-order chi connectivity index (χ1) is 11.0. The third-order valence-corrected chi connectivity index (χ3v) is 3.39. The van der Waals surface area contributed by atoms with Crippen LogP contribution >= 0.6 is 12.2 Å². The zero-order valence-corrected chi connectivity index (χ0v) is 13.2. The lowest BCUT2D eigenvalue weighted by molar-refractivity contribution is -0.384. The van der Waals surface area contributed by atoms with Gasteiger partial charge in [0.1, 0.15) is 0 Å². The molecule has 0 aliphatic heterocycles. The number of amides is 1. The van der Waals surface area contributed by atoms with Gasteiger partial charge in [0, 0.05) is 23.4 Å². The summed E-state index contributed by atoms with van der Waals surface area (Å²) in [4.78, 5) is 22.2. The van der Waals surface area contributed by atoms with Crippen LogP contribution in [0.15, 0.2) is 48.5 Å². The van der Waals surface area contributed by atoms with Gasteiger partial charge in [0.2, 0.25) is 0 Å². The molecule has 23 heavy (non-hydrogen) atoms. The molecule has 0 heterocycles. The van der Waals surface area contributed by atoms with Crippen LogP contribution in [0, 0.1) is 10.1 Å². The second-order valence-corrected chi connectivity index (χ2v) is 5.17. The first-order valence-corrected chi connectivity index (χ1v) is 7.36. The Morgan fingerprint density at radius 1 is 1.13 bits per heavy atom. The summed E-state index contributed by atoms with van der Waals surface area (Å²) in [6, 6.07) is 13.0. The molecule has 0 fully saturated rings. The molecule has 0 unspecified atom stereocenters. The van der Waals surface area contributed by atoms with Crippen LogP contribution in [0.1, 0.15) is 22.8 Å². The maximum atomic E-state index is 12.1. The highest BCUT2D eigenvalue weighted by molar-refractivity contribution is 7.80. The summed E-state index contributed by atoms with van der Waals surface area (Å²) in [5, 5.41) is 16.1. The van der Waals surface area contributed by atoms with E-state index in [1.165, 1.54) is 24.3 Å². The van der Waals surface area contributed by atoms with Crippen LogP contribution in [-0.4, -0.2) is 15.9 Å². The number of carbonyl (C=O) groups is 1. The molecule has 0 aromatic heterocycles. The van der Waals surface area contributed by atoms with Gasteiger partial charge in [0.05, 0.1) is 4.92 Å². The molecule has 6 nitrogen and oxygen atoms in total. The number of anilines is 1. The fourth-order valence-corrected chi connectivity index (χ4v) is 2.11. The van der Waals surface area contributed by atoms with Gasteiger partial charge in [-0.05, 0) is 48.5 Å². The maximum absolute atomic E-state index is 12.1. The number of non-ortho nitro benzene ring substituents is 1. The van der Waals surface area contributed by atoms with Crippen LogP contribution in [0.2, 0.25) is 0 Å². The average Bonchev–Trinajstić information content (AvgIpc) is 2.55. The van der Waals surface area contributed by atoms with E-state index in [1.807, 2.05) is 19.1 Å². The van der Waals surface area contributed by atoms with E-state index in [9.17, 15) is 14.9 Å². The predicted octanol–water partition coefficient (Wildman–Crippen LogP) is 3.28. The molecule has 0 spiro atoms. The van der Waals surface area contributed by atoms with Gasteiger partial charge < -0.3 is 5.32 Å². The number of aryl methyl sites for hydroxylation is 1. The fraction of sp³-hybridized carbons (Fsp3) is 0.125. The fourth-order valence-electron chi connectivity index (χ4n) is 1.90. The van der Waals surface area contributed by atoms with Crippen molar-refractivity contribution in [2.45, 2.75) is 13.3 Å². The standard InChI is InChI=1S/C16H15N3O3S/c1-2-11-3-5-12(6-4-11)15(20)18-16(23)17-13-7-9-14(10-8-13)19(21)22/h3-10H,2H2,1H3,(H2,17,18,20,23). The number of thiocarbonyl (C=S) groups is 1. The van der Waals surface area contributed by atoms with Crippen LogP contribution in [-0.2, 0) is 6.42 Å². The molecule has 7 heteroatoms. The van der Waals surface area contributed by atoms with Gasteiger partial charge in [-0.15, -0.1) is 0 Å². The number of nitro groups is 1. The highest BCUT2D eigenvalue weighted by atomic mass is 32.1. The van der Waals surface area contributed by atoms with E-state index in [4.69, 9.17) is 12.2 Å².